The van der Waals surface area contributed by atoms with Crippen molar-refractivity contribution in [1.29, 1.82) is 0 Å². The zero-order chi connectivity index (χ0) is 33.4. The van der Waals surface area contributed by atoms with Crippen LogP contribution in [0.15, 0.2) is 47.5 Å². The lowest BCUT2D eigenvalue weighted by molar-refractivity contribution is -0.134. The molecular formula is C34H44N6O5S. The van der Waals surface area contributed by atoms with Crippen LogP contribution in [0.25, 0.3) is 11.3 Å². The van der Waals surface area contributed by atoms with E-state index in [1.807, 2.05) is 36.9 Å². The maximum atomic E-state index is 14.4. The summed E-state index contributed by atoms with van der Waals surface area (Å²) < 4.78 is 36.0. The summed E-state index contributed by atoms with van der Waals surface area (Å²) >= 11 is 0. The second kappa shape index (κ2) is 13.0. The van der Waals surface area contributed by atoms with Gasteiger partial charge in [0.05, 0.1) is 11.7 Å². The van der Waals surface area contributed by atoms with Gasteiger partial charge in [-0.25, -0.2) is 14.7 Å². The first kappa shape index (κ1) is 33.3. The number of carbonyl (C=O) groups excluding carboxylic acids is 2. The number of nitrogens with zero attached hydrogens (tertiary/aromatic N) is 5. The molecule has 5 rings (SSSR count). The molecule has 1 N–H and O–H groups in total. The minimum atomic E-state index is -4.27. The highest BCUT2D eigenvalue weighted by atomic mass is 32.2. The van der Waals surface area contributed by atoms with E-state index in [0.29, 0.717) is 37.8 Å². The van der Waals surface area contributed by atoms with Gasteiger partial charge in [-0.3, -0.25) is 9.59 Å². The SMILES string of the molecule is Cc1cccc(C)c1-c1cc2nc(n1)NS(=O)(=O)c1cccc(n1)C(=O)N(C1CCC(C(=O)N(C)C)CC1)C(CC(C)(C)C)CO2. The monoisotopic (exact) mass is 648 g/mol. The number of aryl methyl sites for hydroxylation is 2. The number of benzene rings is 1. The van der Waals surface area contributed by atoms with Crippen LogP contribution < -0.4 is 9.46 Å². The van der Waals surface area contributed by atoms with Gasteiger partial charge in [0, 0.05) is 37.7 Å². The van der Waals surface area contributed by atoms with Crippen LogP contribution in [0.1, 0.15) is 74.5 Å². The summed E-state index contributed by atoms with van der Waals surface area (Å²) in [6, 6.07) is 11.4. The number of carbonyl (C=O) groups is 2. The average Bonchev–Trinajstić information content (AvgIpc) is 2.98. The third-order valence-electron chi connectivity index (χ3n) is 8.66. The van der Waals surface area contributed by atoms with E-state index in [-0.39, 0.29) is 58.3 Å². The Balaban J connectivity index is 1.63. The second-order valence-corrected chi connectivity index (χ2v) is 15.5. The molecule has 2 amide bonds. The summed E-state index contributed by atoms with van der Waals surface area (Å²) in [5, 5.41) is -0.311. The van der Waals surface area contributed by atoms with E-state index in [1.54, 1.807) is 31.1 Å². The lowest BCUT2D eigenvalue weighted by Crippen LogP contribution is -2.52. The molecule has 4 bridgehead atoms. The highest BCUT2D eigenvalue weighted by Gasteiger charge is 2.39. The Morgan fingerprint density at radius 3 is 2.26 bits per heavy atom. The van der Waals surface area contributed by atoms with Crippen LogP contribution in [0.3, 0.4) is 0 Å². The molecule has 3 heterocycles. The molecule has 2 aromatic heterocycles. The van der Waals surface area contributed by atoms with Crippen LogP contribution in [0.5, 0.6) is 5.88 Å². The van der Waals surface area contributed by atoms with E-state index in [2.05, 4.69) is 40.4 Å². The lowest BCUT2D eigenvalue weighted by atomic mass is 9.82. The van der Waals surface area contributed by atoms with Crippen molar-refractivity contribution in [1.82, 2.24) is 24.8 Å². The van der Waals surface area contributed by atoms with Crippen molar-refractivity contribution in [3.8, 4) is 17.1 Å². The molecule has 46 heavy (non-hydrogen) atoms. The predicted octanol–water partition coefficient (Wildman–Crippen LogP) is 5.24. The smallest absolute Gasteiger partial charge is 0.281 e. The first-order chi connectivity index (χ1) is 21.6. The molecule has 1 saturated carbocycles. The molecule has 0 saturated heterocycles. The topological polar surface area (TPSA) is 135 Å². The number of aromatic nitrogens is 3. The van der Waals surface area contributed by atoms with E-state index in [4.69, 9.17) is 4.74 Å². The summed E-state index contributed by atoms with van der Waals surface area (Å²) in [7, 11) is -0.739. The molecule has 1 aliphatic heterocycles. The molecule has 2 aliphatic rings. The van der Waals surface area contributed by atoms with Crippen LogP contribution in [0, 0.1) is 25.2 Å². The molecule has 1 atom stereocenters. The number of sulfonamides is 1. The van der Waals surface area contributed by atoms with Gasteiger partial charge in [0.1, 0.15) is 12.3 Å². The third-order valence-corrected chi connectivity index (χ3v) is 9.89. The largest absolute Gasteiger partial charge is 0.475 e. The summed E-state index contributed by atoms with van der Waals surface area (Å²) in [5.74, 6) is -0.340. The Kier molecular flexibility index (Phi) is 9.40. The molecule has 0 radical (unpaired) electrons. The second-order valence-electron chi connectivity index (χ2n) is 13.8. The van der Waals surface area contributed by atoms with E-state index in [9.17, 15) is 18.0 Å². The Labute approximate surface area is 271 Å². The van der Waals surface area contributed by atoms with Crippen molar-refractivity contribution in [3.63, 3.8) is 0 Å². The fourth-order valence-corrected chi connectivity index (χ4v) is 7.51. The van der Waals surface area contributed by atoms with Gasteiger partial charge in [0.25, 0.3) is 15.9 Å². The Hall–Kier alpha value is -4.06. The summed E-state index contributed by atoms with van der Waals surface area (Å²) in [4.78, 5) is 44.0. The Bertz CT molecular complexity index is 1710. The molecular weight excluding hydrogens is 604 g/mol. The Morgan fingerprint density at radius 1 is 0.978 bits per heavy atom. The van der Waals surface area contributed by atoms with Crippen molar-refractivity contribution in [2.45, 2.75) is 83.8 Å². The van der Waals surface area contributed by atoms with Crippen LogP contribution in [-0.4, -0.2) is 77.8 Å². The van der Waals surface area contributed by atoms with Gasteiger partial charge in [0.2, 0.25) is 17.7 Å². The average molecular weight is 649 g/mol. The molecule has 1 unspecified atom stereocenters. The van der Waals surface area contributed by atoms with Crippen molar-refractivity contribution in [2.24, 2.45) is 11.3 Å². The quantitative estimate of drug-likeness (QED) is 0.406. The Morgan fingerprint density at radius 2 is 1.63 bits per heavy atom. The van der Waals surface area contributed by atoms with E-state index in [0.717, 1.165) is 16.7 Å². The summed E-state index contributed by atoms with van der Waals surface area (Å²) in [5.41, 5.74) is 3.15. The maximum Gasteiger partial charge on any atom is 0.281 e. The standard InChI is InChI=1S/C34H44N6O5S/c1-21-10-8-11-22(2)30(21)27-18-28-37-33(36-27)38-46(43,44)29-13-9-12-26(35-29)32(42)40(25(20-45-28)19-34(3,4)5)24-16-14-23(15-17-24)31(41)39(6)7/h8-13,18,23-25H,14-17,19-20H2,1-7H3,(H,36,37,38). The first-order valence-corrected chi connectivity index (χ1v) is 17.2. The van der Waals surface area contributed by atoms with Gasteiger partial charge >= 0.3 is 0 Å². The van der Waals surface area contributed by atoms with Gasteiger partial charge in [-0.1, -0.05) is 45.0 Å². The number of nitrogens with one attached hydrogen (secondary N) is 1. The number of pyridine rings is 1. The lowest BCUT2D eigenvalue weighted by Gasteiger charge is -2.43. The van der Waals surface area contributed by atoms with Gasteiger partial charge in [-0.05, 0) is 74.6 Å². The number of hydrogen-bond donors (Lipinski definition) is 1. The highest BCUT2D eigenvalue weighted by molar-refractivity contribution is 7.92. The van der Waals surface area contributed by atoms with Crippen LogP contribution in [-0.2, 0) is 14.8 Å². The van der Waals surface area contributed by atoms with Crippen molar-refractivity contribution in [2.75, 3.05) is 25.4 Å². The van der Waals surface area contributed by atoms with Crippen LogP contribution >= 0.6 is 0 Å². The summed E-state index contributed by atoms with van der Waals surface area (Å²) in [6.07, 6.45) is 3.16. The number of hydrogen-bond acceptors (Lipinski definition) is 8. The van der Waals surface area contributed by atoms with E-state index < -0.39 is 16.1 Å². The van der Waals surface area contributed by atoms with Gasteiger partial charge in [-0.15, -0.1) is 0 Å². The van der Waals surface area contributed by atoms with Crippen molar-refractivity contribution in [3.05, 3.63) is 59.3 Å². The van der Waals surface area contributed by atoms with Gasteiger partial charge in [-0.2, -0.15) is 13.4 Å². The minimum absolute atomic E-state index is 0.0244. The van der Waals surface area contributed by atoms with Crippen LogP contribution in [0.2, 0.25) is 0 Å². The van der Waals surface area contributed by atoms with Crippen LogP contribution in [0.4, 0.5) is 5.95 Å². The van der Waals surface area contributed by atoms with Crippen molar-refractivity contribution >= 4 is 27.8 Å². The van der Waals surface area contributed by atoms with E-state index >= 15 is 0 Å². The first-order valence-electron chi connectivity index (χ1n) is 15.7. The normalized spacial score (nSPS) is 21.6. The van der Waals surface area contributed by atoms with Crippen molar-refractivity contribution < 1.29 is 22.7 Å². The van der Waals surface area contributed by atoms with Gasteiger partial charge in [0.15, 0.2) is 5.03 Å². The molecule has 246 valence electrons. The summed E-state index contributed by atoms with van der Waals surface area (Å²) in [6.45, 7) is 10.4. The molecule has 12 heteroatoms. The molecule has 1 aromatic carbocycles. The fourth-order valence-electron chi connectivity index (χ4n) is 6.60. The number of ether oxygens (including phenoxy) is 1. The van der Waals surface area contributed by atoms with Gasteiger partial charge < -0.3 is 14.5 Å². The minimum Gasteiger partial charge on any atom is -0.475 e. The number of rotatable bonds is 4. The van der Waals surface area contributed by atoms with E-state index in [1.165, 1.54) is 12.1 Å². The molecule has 11 nitrogen and oxygen atoms in total. The molecule has 1 fully saturated rings. The fraction of sp³-hybridized carbons (Fsp3) is 0.500. The number of fused-ring (bicyclic) bond motifs is 4. The zero-order valence-electron chi connectivity index (χ0n) is 27.7. The molecule has 0 spiro atoms. The molecule has 1 aliphatic carbocycles. The number of anilines is 1. The highest BCUT2D eigenvalue weighted by Crippen LogP contribution is 2.35. The zero-order valence-corrected chi connectivity index (χ0v) is 28.5. The third kappa shape index (κ3) is 7.32. The molecule has 3 aromatic rings. The number of amides is 2. The predicted molar refractivity (Wildman–Crippen MR) is 176 cm³/mol. The maximum absolute atomic E-state index is 14.4.